The summed E-state index contributed by atoms with van der Waals surface area (Å²) in [5.74, 6) is -3.29. The number of benzene rings is 1. The molecule has 0 unspecified atom stereocenters. The van der Waals surface area contributed by atoms with Gasteiger partial charge in [0.1, 0.15) is 5.69 Å². The predicted octanol–water partition coefficient (Wildman–Crippen LogP) is 4.78. The molecule has 1 aliphatic rings. The topological polar surface area (TPSA) is 95.6 Å². The lowest BCUT2D eigenvalue weighted by Gasteiger charge is -2.34. The van der Waals surface area contributed by atoms with Gasteiger partial charge in [-0.3, -0.25) is 14.6 Å². The first-order valence-corrected chi connectivity index (χ1v) is 13.8. The molecule has 0 bridgehead atoms. The number of hydrogen-bond donors (Lipinski definition) is 2. The molecule has 2 N–H and O–H groups in total. The standard InChI is InChI=1S/C25H26F8N6O3S/c1-14-8-19(41-12-24(28,29)30)21(22(34-14)42-13-25(31,32)33)37-20(40)11-39-4-2-38(3-5-39)6-7-43-23-35-17-9-15(26)16(27)10-18(17)36-23/h8-10H,2-7,11-13H2,1H3,(H,35,36)(H,37,40). The zero-order chi connectivity index (χ0) is 31.4. The molecule has 1 aliphatic heterocycles. The van der Waals surface area contributed by atoms with Gasteiger partial charge in [-0.15, -0.1) is 0 Å². The number of hydrogen-bond acceptors (Lipinski definition) is 8. The number of amides is 1. The first-order chi connectivity index (χ1) is 20.1. The minimum Gasteiger partial charge on any atom is -0.482 e. The van der Waals surface area contributed by atoms with Gasteiger partial charge in [0.25, 0.3) is 0 Å². The Bertz CT molecular complexity index is 1350. The second kappa shape index (κ2) is 13.5. The summed E-state index contributed by atoms with van der Waals surface area (Å²) in [7, 11) is 0. The van der Waals surface area contributed by atoms with E-state index in [1.54, 1.807) is 4.90 Å². The molecular formula is C25H26F8N6O3S. The lowest BCUT2D eigenvalue weighted by atomic mass is 10.3. The molecule has 0 atom stereocenters. The fraction of sp³-hybridized carbons (Fsp3) is 0.480. The summed E-state index contributed by atoms with van der Waals surface area (Å²) in [5.41, 5.74) is 0.182. The number of carbonyl (C=O) groups is 1. The van der Waals surface area contributed by atoms with Gasteiger partial charge in [0.15, 0.2) is 35.8 Å². The number of aromatic nitrogens is 3. The van der Waals surface area contributed by atoms with E-state index < -0.39 is 60.4 Å². The molecule has 1 saturated heterocycles. The molecule has 1 aromatic carbocycles. The number of piperazine rings is 1. The lowest BCUT2D eigenvalue weighted by Crippen LogP contribution is -2.49. The number of ether oxygens (including phenoxy) is 2. The normalized spacial score (nSPS) is 15.2. The van der Waals surface area contributed by atoms with Crippen molar-refractivity contribution in [3.63, 3.8) is 0 Å². The summed E-state index contributed by atoms with van der Waals surface area (Å²) in [6.45, 7) is 0.338. The van der Waals surface area contributed by atoms with Gasteiger partial charge in [0.2, 0.25) is 11.8 Å². The van der Waals surface area contributed by atoms with Gasteiger partial charge in [-0.05, 0) is 6.92 Å². The van der Waals surface area contributed by atoms with Gasteiger partial charge >= 0.3 is 12.4 Å². The maximum atomic E-state index is 13.4. The fourth-order valence-corrected chi connectivity index (χ4v) is 5.02. The van der Waals surface area contributed by atoms with Crippen molar-refractivity contribution in [1.29, 1.82) is 0 Å². The first-order valence-electron chi connectivity index (χ1n) is 12.8. The largest absolute Gasteiger partial charge is 0.482 e. The third-order valence-corrected chi connectivity index (χ3v) is 6.94. The van der Waals surface area contributed by atoms with Crippen LogP contribution in [0.3, 0.4) is 0 Å². The molecule has 3 heterocycles. The van der Waals surface area contributed by atoms with Gasteiger partial charge in [-0.1, -0.05) is 11.8 Å². The summed E-state index contributed by atoms with van der Waals surface area (Å²) >= 11 is 1.38. The molecule has 1 fully saturated rings. The molecule has 1 amide bonds. The van der Waals surface area contributed by atoms with Crippen LogP contribution in [0.15, 0.2) is 23.4 Å². The van der Waals surface area contributed by atoms with E-state index in [1.165, 1.54) is 18.7 Å². The number of nitrogens with zero attached hydrogens (tertiary/aromatic N) is 4. The predicted molar refractivity (Wildman–Crippen MR) is 140 cm³/mol. The highest BCUT2D eigenvalue weighted by molar-refractivity contribution is 7.99. The summed E-state index contributed by atoms with van der Waals surface area (Å²) < 4.78 is 113. The summed E-state index contributed by atoms with van der Waals surface area (Å²) in [6, 6.07) is 3.11. The van der Waals surface area contributed by atoms with Crippen LogP contribution in [0.1, 0.15) is 5.69 Å². The average Bonchev–Trinajstić information content (AvgIpc) is 3.29. The first kappa shape index (κ1) is 32.5. The SMILES string of the molecule is Cc1cc(OCC(F)(F)F)c(NC(=O)CN2CCN(CCSc3nc4cc(F)c(F)cc4[nH]3)CC2)c(OCC(F)(F)F)n1. The van der Waals surface area contributed by atoms with Gasteiger partial charge in [0, 0.05) is 62.4 Å². The van der Waals surface area contributed by atoms with Crippen molar-refractivity contribution in [3.8, 4) is 11.6 Å². The molecule has 236 valence electrons. The number of nitrogens with one attached hydrogen (secondary N) is 2. The number of aryl methyl sites for hydroxylation is 1. The van der Waals surface area contributed by atoms with Crippen molar-refractivity contribution < 1.29 is 49.4 Å². The number of halogens is 8. The summed E-state index contributed by atoms with van der Waals surface area (Å²) in [5, 5.41) is 2.82. The molecule has 4 rings (SSSR count). The monoisotopic (exact) mass is 642 g/mol. The van der Waals surface area contributed by atoms with Crippen LogP contribution in [-0.4, -0.2) is 101 Å². The van der Waals surface area contributed by atoms with Crippen LogP contribution in [0.5, 0.6) is 11.6 Å². The van der Waals surface area contributed by atoms with Crippen molar-refractivity contribution >= 4 is 34.4 Å². The van der Waals surface area contributed by atoms with Gasteiger partial charge in [-0.25, -0.2) is 18.7 Å². The van der Waals surface area contributed by atoms with E-state index in [0.717, 1.165) is 18.2 Å². The Morgan fingerprint density at radius 1 is 0.953 bits per heavy atom. The number of pyridine rings is 1. The third kappa shape index (κ3) is 9.82. The Morgan fingerprint density at radius 2 is 1.58 bits per heavy atom. The molecule has 3 aromatic rings. The molecule has 43 heavy (non-hydrogen) atoms. The number of aromatic amines is 1. The highest BCUT2D eigenvalue weighted by Crippen LogP contribution is 2.36. The number of H-pyrrole nitrogens is 1. The Kier molecular flexibility index (Phi) is 10.2. The molecule has 0 radical (unpaired) electrons. The van der Waals surface area contributed by atoms with Crippen LogP contribution in [0.25, 0.3) is 11.0 Å². The second-order valence-corrected chi connectivity index (χ2v) is 10.7. The van der Waals surface area contributed by atoms with E-state index in [2.05, 4.69) is 29.9 Å². The Balaban J connectivity index is 1.29. The minimum absolute atomic E-state index is 0.0183. The minimum atomic E-state index is -4.76. The molecule has 0 spiro atoms. The van der Waals surface area contributed by atoms with E-state index in [4.69, 9.17) is 4.74 Å². The van der Waals surface area contributed by atoms with E-state index in [1.807, 2.05) is 0 Å². The smallest absolute Gasteiger partial charge is 0.422 e. The van der Waals surface area contributed by atoms with E-state index in [0.29, 0.717) is 54.7 Å². The lowest BCUT2D eigenvalue weighted by molar-refractivity contribution is -0.154. The molecule has 0 aliphatic carbocycles. The molecule has 18 heteroatoms. The number of rotatable bonds is 11. The van der Waals surface area contributed by atoms with Crippen LogP contribution < -0.4 is 14.8 Å². The van der Waals surface area contributed by atoms with Crippen LogP contribution in [0.2, 0.25) is 0 Å². The second-order valence-electron chi connectivity index (χ2n) is 9.59. The number of carbonyl (C=O) groups excluding carboxylic acids is 1. The molecule has 2 aromatic heterocycles. The van der Waals surface area contributed by atoms with Crippen molar-refractivity contribution in [1.82, 2.24) is 24.8 Å². The average molecular weight is 643 g/mol. The van der Waals surface area contributed by atoms with Crippen LogP contribution >= 0.6 is 11.8 Å². The Labute approximate surface area is 243 Å². The molecule has 9 nitrogen and oxygen atoms in total. The molecule has 0 saturated carbocycles. The van der Waals surface area contributed by atoms with E-state index in [-0.39, 0.29) is 12.2 Å². The highest BCUT2D eigenvalue weighted by atomic mass is 32.2. The zero-order valence-electron chi connectivity index (χ0n) is 22.5. The van der Waals surface area contributed by atoms with Crippen molar-refractivity contribution in [3.05, 3.63) is 35.5 Å². The molecular weight excluding hydrogens is 616 g/mol. The number of thioether (sulfide) groups is 1. The Hall–Kier alpha value is -3.38. The number of fused-ring (bicyclic) bond motifs is 1. The quantitative estimate of drug-likeness (QED) is 0.228. The summed E-state index contributed by atoms with van der Waals surface area (Å²) in [4.78, 5) is 27.7. The number of imidazole rings is 1. The Morgan fingerprint density at radius 3 is 2.26 bits per heavy atom. The van der Waals surface area contributed by atoms with Crippen LogP contribution in [-0.2, 0) is 4.79 Å². The van der Waals surface area contributed by atoms with Crippen LogP contribution in [0, 0.1) is 18.6 Å². The van der Waals surface area contributed by atoms with Crippen molar-refractivity contribution in [2.24, 2.45) is 0 Å². The third-order valence-electron chi connectivity index (χ3n) is 6.09. The maximum Gasteiger partial charge on any atom is 0.422 e. The van der Waals surface area contributed by atoms with Crippen LogP contribution in [0.4, 0.5) is 40.8 Å². The maximum absolute atomic E-state index is 13.4. The van der Waals surface area contributed by atoms with E-state index in [9.17, 15) is 39.9 Å². The number of anilines is 1. The van der Waals surface area contributed by atoms with Crippen molar-refractivity contribution in [2.75, 3.05) is 63.6 Å². The summed E-state index contributed by atoms with van der Waals surface area (Å²) in [6.07, 6.45) is -9.50. The highest BCUT2D eigenvalue weighted by Gasteiger charge is 2.32. The van der Waals surface area contributed by atoms with E-state index >= 15 is 0 Å². The zero-order valence-corrected chi connectivity index (χ0v) is 23.4. The fourth-order valence-electron chi connectivity index (χ4n) is 4.13. The van der Waals surface area contributed by atoms with Crippen molar-refractivity contribution in [2.45, 2.75) is 24.4 Å². The van der Waals surface area contributed by atoms with Gasteiger partial charge in [-0.2, -0.15) is 26.3 Å². The number of alkyl halides is 6. The van der Waals surface area contributed by atoms with Gasteiger partial charge < -0.3 is 19.8 Å². The van der Waals surface area contributed by atoms with Gasteiger partial charge in [0.05, 0.1) is 17.6 Å².